The average molecular weight is 179 g/mol. The van der Waals surface area contributed by atoms with E-state index >= 15 is 0 Å². The molecule has 0 spiro atoms. The minimum atomic E-state index is -0.375. The van der Waals surface area contributed by atoms with Gasteiger partial charge in [-0.3, -0.25) is 10.3 Å². The third-order valence-corrected chi connectivity index (χ3v) is 1.66. The zero-order valence-corrected chi connectivity index (χ0v) is 7.57. The van der Waals surface area contributed by atoms with E-state index in [1.807, 2.05) is 37.3 Å². The van der Waals surface area contributed by atoms with Crippen molar-refractivity contribution in [2.75, 3.05) is 5.48 Å². The van der Waals surface area contributed by atoms with Gasteiger partial charge in [0.1, 0.15) is 6.10 Å². The Morgan fingerprint density at radius 3 is 2.69 bits per heavy atom. The normalized spacial score (nSPS) is 12.1. The van der Waals surface area contributed by atoms with Crippen LogP contribution in [-0.4, -0.2) is 12.4 Å². The molecule has 1 N–H and O–H groups in total. The Labute approximate surface area is 77.7 Å². The number of nitrogens with one attached hydrogen (secondary N) is 1. The molecule has 0 amide bonds. The van der Waals surface area contributed by atoms with Gasteiger partial charge in [-0.25, -0.2) is 0 Å². The van der Waals surface area contributed by atoms with Crippen molar-refractivity contribution in [3.63, 3.8) is 0 Å². The number of benzene rings is 1. The van der Waals surface area contributed by atoms with Gasteiger partial charge >= 0.3 is 0 Å². The van der Waals surface area contributed by atoms with Gasteiger partial charge in [-0.1, -0.05) is 25.1 Å². The van der Waals surface area contributed by atoms with Gasteiger partial charge in [-0.2, -0.15) is 0 Å². The van der Waals surface area contributed by atoms with Gasteiger partial charge in [-0.05, 0) is 18.6 Å². The Balaban J connectivity index is 2.38. The summed E-state index contributed by atoms with van der Waals surface area (Å²) < 4.78 is 0. The summed E-state index contributed by atoms with van der Waals surface area (Å²) in [5.41, 5.74) is 3.57. The minimum absolute atomic E-state index is 0.375. The predicted molar refractivity (Wildman–Crippen MR) is 51.3 cm³/mol. The van der Waals surface area contributed by atoms with Gasteiger partial charge in [-0.15, -0.1) is 0 Å². The summed E-state index contributed by atoms with van der Waals surface area (Å²) in [6.45, 7) is 1.89. The van der Waals surface area contributed by atoms with E-state index in [9.17, 15) is 4.79 Å². The first kappa shape index (κ1) is 9.74. The number of hydrogen-bond donors (Lipinski definition) is 1. The van der Waals surface area contributed by atoms with Crippen molar-refractivity contribution in [1.29, 1.82) is 0 Å². The second-order valence-electron chi connectivity index (χ2n) is 2.67. The highest BCUT2D eigenvalue weighted by Crippen LogP contribution is 2.06. The van der Waals surface area contributed by atoms with Crippen LogP contribution < -0.4 is 5.48 Å². The van der Waals surface area contributed by atoms with E-state index in [0.717, 1.165) is 12.0 Å². The standard InChI is InChI=1S/C10H13NO2/c1-2-10(8-12)13-11-9-6-4-3-5-7-9/h3-8,10-11H,2H2,1H3. The Morgan fingerprint density at radius 2 is 2.15 bits per heavy atom. The molecule has 13 heavy (non-hydrogen) atoms. The quantitative estimate of drug-likeness (QED) is 0.555. The maximum Gasteiger partial charge on any atom is 0.151 e. The lowest BCUT2D eigenvalue weighted by Crippen LogP contribution is -2.17. The van der Waals surface area contributed by atoms with E-state index in [2.05, 4.69) is 5.48 Å². The molecule has 0 bridgehead atoms. The third-order valence-electron chi connectivity index (χ3n) is 1.66. The van der Waals surface area contributed by atoms with Gasteiger partial charge in [0.05, 0.1) is 5.69 Å². The fourth-order valence-electron chi connectivity index (χ4n) is 0.857. The van der Waals surface area contributed by atoms with E-state index in [4.69, 9.17) is 4.84 Å². The highest BCUT2D eigenvalue weighted by molar-refractivity contribution is 5.56. The molecule has 1 rings (SSSR count). The van der Waals surface area contributed by atoms with Gasteiger partial charge in [0.25, 0.3) is 0 Å². The number of carbonyl (C=O) groups excluding carboxylic acids is 1. The molecular weight excluding hydrogens is 166 g/mol. The lowest BCUT2D eigenvalue weighted by molar-refractivity contribution is -0.116. The molecule has 0 fully saturated rings. The van der Waals surface area contributed by atoms with E-state index in [-0.39, 0.29) is 6.10 Å². The smallest absolute Gasteiger partial charge is 0.151 e. The first-order chi connectivity index (χ1) is 6.36. The monoisotopic (exact) mass is 179 g/mol. The van der Waals surface area contributed by atoms with Crippen LogP contribution in [0.3, 0.4) is 0 Å². The van der Waals surface area contributed by atoms with E-state index in [1.165, 1.54) is 0 Å². The number of carbonyl (C=O) groups is 1. The van der Waals surface area contributed by atoms with Crippen LogP contribution in [0.5, 0.6) is 0 Å². The molecule has 0 aliphatic heterocycles. The molecule has 1 atom stereocenters. The molecular formula is C10H13NO2. The maximum absolute atomic E-state index is 10.4. The number of para-hydroxylation sites is 1. The summed E-state index contributed by atoms with van der Waals surface area (Å²) in [7, 11) is 0. The lowest BCUT2D eigenvalue weighted by atomic mass is 10.3. The second kappa shape index (κ2) is 5.32. The van der Waals surface area contributed by atoms with Crippen LogP contribution in [0.15, 0.2) is 30.3 Å². The topological polar surface area (TPSA) is 38.3 Å². The lowest BCUT2D eigenvalue weighted by Gasteiger charge is -2.10. The van der Waals surface area contributed by atoms with Crippen LogP contribution in [0, 0.1) is 0 Å². The van der Waals surface area contributed by atoms with Crippen molar-refractivity contribution in [1.82, 2.24) is 0 Å². The zero-order chi connectivity index (χ0) is 9.52. The molecule has 0 aliphatic carbocycles. The van der Waals surface area contributed by atoms with Crippen LogP contribution in [-0.2, 0) is 9.63 Å². The minimum Gasteiger partial charge on any atom is -0.300 e. The summed E-state index contributed by atoms with van der Waals surface area (Å²) in [5.74, 6) is 0. The van der Waals surface area contributed by atoms with Crippen LogP contribution in [0.1, 0.15) is 13.3 Å². The maximum atomic E-state index is 10.4. The molecule has 1 aromatic rings. The molecule has 0 aromatic heterocycles. The van der Waals surface area contributed by atoms with Gasteiger partial charge in [0, 0.05) is 0 Å². The SMILES string of the molecule is CCC(C=O)ONc1ccccc1. The van der Waals surface area contributed by atoms with Crippen LogP contribution in [0.2, 0.25) is 0 Å². The first-order valence-corrected chi connectivity index (χ1v) is 4.28. The van der Waals surface area contributed by atoms with Crippen molar-refractivity contribution in [2.24, 2.45) is 0 Å². The summed E-state index contributed by atoms with van der Waals surface area (Å²) in [6, 6.07) is 9.46. The van der Waals surface area contributed by atoms with Crippen molar-refractivity contribution in [3.05, 3.63) is 30.3 Å². The Kier molecular flexibility index (Phi) is 3.99. The summed E-state index contributed by atoms with van der Waals surface area (Å²) >= 11 is 0. The molecule has 0 saturated carbocycles. The van der Waals surface area contributed by atoms with Crippen LogP contribution in [0.4, 0.5) is 5.69 Å². The highest BCUT2D eigenvalue weighted by atomic mass is 16.7. The summed E-state index contributed by atoms with van der Waals surface area (Å²) in [5, 5.41) is 0. The zero-order valence-electron chi connectivity index (χ0n) is 7.57. The Bertz CT molecular complexity index is 248. The molecule has 0 aliphatic rings. The van der Waals surface area contributed by atoms with Crippen LogP contribution in [0.25, 0.3) is 0 Å². The second-order valence-corrected chi connectivity index (χ2v) is 2.67. The molecule has 1 aromatic carbocycles. The number of rotatable bonds is 5. The molecule has 70 valence electrons. The first-order valence-electron chi connectivity index (χ1n) is 4.28. The van der Waals surface area contributed by atoms with E-state index in [1.54, 1.807) is 0 Å². The molecule has 3 heteroatoms. The number of hydrogen-bond acceptors (Lipinski definition) is 3. The Hall–Kier alpha value is -1.35. The van der Waals surface area contributed by atoms with Gasteiger partial charge in [0.15, 0.2) is 6.29 Å². The summed E-state index contributed by atoms with van der Waals surface area (Å²) in [4.78, 5) is 15.5. The van der Waals surface area contributed by atoms with Crippen molar-refractivity contribution in [2.45, 2.75) is 19.4 Å². The average Bonchev–Trinajstić information content (AvgIpc) is 2.21. The summed E-state index contributed by atoms with van der Waals surface area (Å²) in [6.07, 6.45) is 1.08. The van der Waals surface area contributed by atoms with Gasteiger partial charge < -0.3 is 4.79 Å². The third kappa shape index (κ3) is 3.25. The van der Waals surface area contributed by atoms with Gasteiger partial charge in [0.2, 0.25) is 0 Å². The van der Waals surface area contributed by atoms with E-state index in [0.29, 0.717) is 6.42 Å². The number of anilines is 1. The molecule has 3 nitrogen and oxygen atoms in total. The molecule has 0 radical (unpaired) electrons. The molecule has 0 saturated heterocycles. The fourth-order valence-corrected chi connectivity index (χ4v) is 0.857. The molecule has 0 heterocycles. The van der Waals surface area contributed by atoms with Crippen molar-refractivity contribution < 1.29 is 9.63 Å². The Morgan fingerprint density at radius 1 is 1.46 bits per heavy atom. The van der Waals surface area contributed by atoms with Crippen molar-refractivity contribution >= 4 is 12.0 Å². The number of aldehydes is 1. The molecule has 1 unspecified atom stereocenters. The van der Waals surface area contributed by atoms with E-state index < -0.39 is 0 Å². The van der Waals surface area contributed by atoms with Crippen LogP contribution >= 0.6 is 0 Å². The largest absolute Gasteiger partial charge is 0.300 e. The fraction of sp³-hybridized carbons (Fsp3) is 0.300. The highest BCUT2D eigenvalue weighted by Gasteiger charge is 2.03. The van der Waals surface area contributed by atoms with Crippen molar-refractivity contribution in [3.8, 4) is 0 Å². The predicted octanol–water partition coefficient (Wildman–Crippen LogP) is 2.01.